The normalized spacial score (nSPS) is 13.3. The van der Waals surface area contributed by atoms with Gasteiger partial charge in [0.25, 0.3) is 11.6 Å². The van der Waals surface area contributed by atoms with Gasteiger partial charge in [-0.1, -0.05) is 18.5 Å². The molecule has 0 bridgehead atoms. The Balaban J connectivity index is 3.02. The van der Waals surface area contributed by atoms with E-state index in [0.717, 1.165) is 12.1 Å². The summed E-state index contributed by atoms with van der Waals surface area (Å²) in [5.74, 6) is -1.82. The number of nitro benzene ring substituents is 1. The van der Waals surface area contributed by atoms with Gasteiger partial charge in [0.05, 0.1) is 4.92 Å². The van der Waals surface area contributed by atoms with Crippen LogP contribution in [0.25, 0.3) is 0 Å². The fourth-order valence-corrected chi connectivity index (χ4v) is 1.66. The molecule has 0 aromatic heterocycles. The Hall–Kier alpha value is -2.15. The molecule has 1 rings (SSSR count). The summed E-state index contributed by atoms with van der Waals surface area (Å²) in [6.07, 6.45) is 0.189. The SMILES string of the molecule is CCC(C)(NC(=O)c1ccc([N+](=O)[O-])c(Cl)c1)C(=O)O. The third-order valence-corrected chi connectivity index (χ3v) is 3.28. The van der Waals surface area contributed by atoms with E-state index in [1.807, 2.05) is 0 Å². The standard InChI is InChI=1S/C12H13ClN2O5/c1-3-12(2,11(17)18)14-10(16)7-4-5-9(15(19)20)8(13)6-7/h4-6H,3H2,1-2H3,(H,14,16)(H,17,18). The lowest BCUT2D eigenvalue weighted by atomic mass is 9.98. The van der Waals surface area contributed by atoms with E-state index >= 15 is 0 Å². The van der Waals surface area contributed by atoms with Crippen LogP contribution in [-0.4, -0.2) is 27.4 Å². The Labute approximate surface area is 119 Å². The van der Waals surface area contributed by atoms with Gasteiger partial charge in [0, 0.05) is 11.6 Å². The van der Waals surface area contributed by atoms with Gasteiger partial charge in [0.15, 0.2) is 0 Å². The van der Waals surface area contributed by atoms with E-state index in [0.29, 0.717) is 0 Å². The Morgan fingerprint density at radius 2 is 2.10 bits per heavy atom. The Bertz CT molecular complexity index is 575. The molecule has 0 saturated carbocycles. The third kappa shape index (κ3) is 3.24. The number of hydrogen-bond donors (Lipinski definition) is 2. The smallest absolute Gasteiger partial charge is 0.329 e. The molecule has 7 nitrogen and oxygen atoms in total. The minimum absolute atomic E-state index is 0.0570. The first kappa shape index (κ1) is 15.9. The molecular weight excluding hydrogens is 288 g/mol. The summed E-state index contributed by atoms with van der Waals surface area (Å²) in [4.78, 5) is 33.0. The van der Waals surface area contributed by atoms with E-state index in [9.17, 15) is 19.7 Å². The number of carbonyl (C=O) groups is 2. The van der Waals surface area contributed by atoms with Crippen molar-refractivity contribution in [3.8, 4) is 0 Å². The molecule has 1 aromatic rings. The van der Waals surface area contributed by atoms with Gasteiger partial charge >= 0.3 is 5.97 Å². The molecule has 1 atom stereocenters. The fraction of sp³-hybridized carbons (Fsp3) is 0.333. The van der Waals surface area contributed by atoms with Crippen molar-refractivity contribution in [1.29, 1.82) is 0 Å². The predicted molar refractivity (Wildman–Crippen MR) is 71.9 cm³/mol. The molecule has 8 heteroatoms. The molecule has 0 aliphatic heterocycles. The summed E-state index contributed by atoms with van der Waals surface area (Å²) in [7, 11) is 0. The molecule has 0 saturated heterocycles. The topological polar surface area (TPSA) is 110 Å². The monoisotopic (exact) mass is 300 g/mol. The summed E-state index contributed by atoms with van der Waals surface area (Å²) in [5, 5.41) is 21.9. The first-order valence-electron chi connectivity index (χ1n) is 5.71. The van der Waals surface area contributed by atoms with E-state index in [1.54, 1.807) is 6.92 Å². The number of carbonyl (C=O) groups excluding carboxylic acids is 1. The summed E-state index contributed by atoms with van der Waals surface area (Å²) in [6, 6.07) is 3.45. The van der Waals surface area contributed by atoms with Crippen LogP contribution in [0, 0.1) is 10.1 Å². The van der Waals surface area contributed by atoms with Gasteiger partial charge in [0.1, 0.15) is 10.6 Å². The minimum atomic E-state index is -1.41. The zero-order chi connectivity index (χ0) is 15.5. The first-order valence-corrected chi connectivity index (χ1v) is 6.09. The summed E-state index contributed by atoms with van der Waals surface area (Å²) < 4.78 is 0. The van der Waals surface area contributed by atoms with Crippen molar-refractivity contribution in [2.75, 3.05) is 0 Å². The Kier molecular flexibility index (Phi) is 4.67. The van der Waals surface area contributed by atoms with Gasteiger partial charge in [-0.2, -0.15) is 0 Å². The zero-order valence-corrected chi connectivity index (χ0v) is 11.6. The number of benzene rings is 1. The van der Waals surface area contributed by atoms with Crippen LogP contribution in [0.2, 0.25) is 5.02 Å². The molecule has 0 aliphatic carbocycles. The maximum Gasteiger partial charge on any atom is 0.329 e. The summed E-state index contributed by atoms with van der Waals surface area (Å²) >= 11 is 5.70. The van der Waals surface area contributed by atoms with Gasteiger partial charge < -0.3 is 10.4 Å². The van der Waals surface area contributed by atoms with Crippen molar-refractivity contribution in [3.05, 3.63) is 38.9 Å². The van der Waals surface area contributed by atoms with E-state index in [2.05, 4.69) is 5.32 Å². The molecule has 1 unspecified atom stereocenters. The van der Waals surface area contributed by atoms with E-state index in [4.69, 9.17) is 16.7 Å². The fourth-order valence-electron chi connectivity index (χ4n) is 1.41. The number of nitro groups is 1. The highest BCUT2D eigenvalue weighted by Gasteiger charge is 2.33. The van der Waals surface area contributed by atoms with Crippen molar-refractivity contribution in [2.45, 2.75) is 25.8 Å². The van der Waals surface area contributed by atoms with Crippen molar-refractivity contribution >= 4 is 29.2 Å². The van der Waals surface area contributed by atoms with Crippen LogP contribution in [0.5, 0.6) is 0 Å². The number of carboxylic acids is 1. The number of hydrogen-bond acceptors (Lipinski definition) is 4. The molecule has 0 radical (unpaired) electrons. The molecule has 1 aromatic carbocycles. The van der Waals surface area contributed by atoms with Gasteiger partial charge in [-0.05, 0) is 25.5 Å². The number of carboxylic acid groups (broad SMARTS) is 1. The average Bonchev–Trinajstić information content (AvgIpc) is 2.37. The van der Waals surface area contributed by atoms with Crippen molar-refractivity contribution < 1.29 is 19.6 Å². The number of nitrogens with zero attached hydrogens (tertiary/aromatic N) is 1. The molecule has 108 valence electrons. The van der Waals surface area contributed by atoms with Crippen LogP contribution < -0.4 is 5.32 Å². The highest BCUT2D eigenvalue weighted by Crippen LogP contribution is 2.25. The molecule has 0 aliphatic rings. The second kappa shape index (κ2) is 5.87. The van der Waals surface area contributed by atoms with Crippen LogP contribution in [0.3, 0.4) is 0 Å². The molecule has 2 N–H and O–H groups in total. The molecule has 20 heavy (non-hydrogen) atoms. The van der Waals surface area contributed by atoms with Crippen molar-refractivity contribution in [3.63, 3.8) is 0 Å². The molecule has 0 heterocycles. The average molecular weight is 301 g/mol. The highest BCUT2D eigenvalue weighted by atomic mass is 35.5. The van der Waals surface area contributed by atoms with Gasteiger partial charge in [-0.3, -0.25) is 14.9 Å². The lowest BCUT2D eigenvalue weighted by Gasteiger charge is -2.24. The first-order chi connectivity index (χ1) is 9.21. The lowest BCUT2D eigenvalue weighted by molar-refractivity contribution is -0.384. The van der Waals surface area contributed by atoms with Crippen LogP contribution in [0.1, 0.15) is 30.6 Å². The maximum atomic E-state index is 12.0. The second-order valence-corrected chi connectivity index (χ2v) is 4.78. The predicted octanol–water partition coefficient (Wildman–Crippen LogP) is 2.23. The number of amides is 1. The van der Waals surface area contributed by atoms with E-state index in [-0.39, 0.29) is 22.7 Å². The van der Waals surface area contributed by atoms with Gasteiger partial charge in [-0.15, -0.1) is 0 Å². The highest BCUT2D eigenvalue weighted by molar-refractivity contribution is 6.33. The summed E-state index contributed by atoms with van der Waals surface area (Å²) in [6.45, 7) is 3.00. The van der Waals surface area contributed by atoms with E-state index in [1.165, 1.54) is 13.0 Å². The van der Waals surface area contributed by atoms with Gasteiger partial charge in [-0.25, -0.2) is 4.79 Å². The quantitative estimate of drug-likeness (QED) is 0.640. The molecule has 1 amide bonds. The van der Waals surface area contributed by atoms with Crippen LogP contribution in [0.4, 0.5) is 5.69 Å². The Morgan fingerprint density at radius 3 is 2.50 bits per heavy atom. The van der Waals surface area contributed by atoms with Crippen LogP contribution in [0.15, 0.2) is 18.2 Å². The van der Waals surface area contributed by atoms with E-state index < -0.39 is 22.3 Å². The second-order valence-electron chi connectivity index (χ2n) is 4.37. The number of halogens is 1. The Morgan fingerprint density at radius 1 is 1.50 bits per heavy atom. The lowest BCUT2D eigenvalue weighted by Crippen LogP contribution is -2.51. The number of aliphatic carboxylic acids is 1. The largest absolute Gasteiger partial charge is 0.480 e. The minimum Gasteiger partial charge on any atom is -0.480 e. The molecule has 0 fully saturated rings. The zero-order valence-electron chi connectivity index (χ0n) is 10.8. The molecular formula is C12H13ClN2O5. The van der Waals surface area contributed by atoms with Crippen LogP contribution >= 0.6 is 11.6 Å². The van der Waals surface area contributed by atoms with Crippen molar-refractivity contribution in [1.82, 2.24) is 5.32 Å². The van der Waals surface area contributed by atoms with Crippen LogP contribution in [-0.2, 0) is 4.79 Å². The number of rotatable bonds is 5. The number of nitrogens with one attached hydrogen (secondary N) is 1. The van der Waals surface area contributed by atoms with Gasteiger partial charge in [0.2, 0.25) is 0 Å². The summed E-state index contributed by atoms with van der Waals surface area (Å²) in [5.41, 5.74) is -1.67. The van der Waals surface area contributed by atoms with Crippen molar-refractivity contribution in [2.24, 2.45) is 0 Å². The maximum absolute atomic E-state index is 12.0. The third-order valence-electron chi connectivity index (χ3n) is 2.98. The molecule has 0 spiro atoms.